The lowest BCUT2D eigenvalue weighted by Gasteiger charge is -2.04. The molecular weight excluding hydrogens is 332 g/mol. The van der Waals surface area contributed by atoms with Crippen molar-refractivity contribution in [3.05, 3.63) is 58.7 Å². The molecule has 5 nitrogen and oxygen atoms in total. The van der Waals surface area contributed by atoms with Crippen molar-refractivity contribution >= 4 is 32.7 Å². The molecule has 0 fully saturated rings. The maximum Gasteiger partial charge on any atom is 0.271 e. The molecule has 2 aromatic heterocycles. The highest BCUT2D eigenvalue weighted by Crippen LogP contribution is 2.17. The average molecular weight is 345 g/mol. The van der Waals surface area contributed by atoms with E-state index in [0.717, 1.165) is 11.9 Å². The van der Waals surface area contributed by atoms with Crippen molar-refractivity contribution in [3.63, 3.8) is 0 Å². The molecule has 2 N–H and O–H groups in total. The van der Waals surface area contributed by atoms with Gasteiger partial charge in [0, 0.05) is 23.6 Å². The Labute approximate surface area is 129 Å². The first-order valence-corrected chi connectivity index (χ1v) is 7.34. The van der Waals surface area contributed by atoms with Gasteiger partial charge in [-0.3, -0.25) is 4.79 Å². The van der Waals surface area contributed by atoms with Gasteiger partial charge in [0.15, 0.2) is 0 Å². The molecule has 3 aromatic rings. The molecule has 0 aliphatic carbocycles. The zero-order chi connectivity index (χ0) is 14.7. The predicted molar refractivity (Wildman–Crippen MR) is 84.1 cm³/mol. The number of hydrogen-bond donors (Lipinski definition) is 2. The maximum absolute atomic E-state index is 11.9. The van der Waals surface area contributed by atoms with Gasteiger partial charge in [-0.1, -0.05) is 18.2 Å². The van der Waals surface area contributed by atoms with Crippen LogP contribution in [0.25, 0.3) is 10.9 Å². The van der Waals surface area contributed by atoms with Crippen molar-refractivity contribution in [3.8, 4) is 0 Å². The van der Waals surface area contributed by atoms with Crippen molar-refractivity contribution in [1.29, 1.82) is 0 Å². The number of rotatable bonds is 4. The highest BCUT2D eigenvalue weighted by molar-refractivity contribution is 9.10. The van der Waals surface area contributed by atoms with Crippen molar-refractivity contribution < 1.29 is 4.79 Å². The Balaban J connectivity index is 1.61. The Morgan fingerprint density at radius 3 is 2.90 bits per heavy atom. The van der Waals surface area contributed by atoms with Crippen LogP contribution < -0.4 is 5.32 Å². The number of para-hydroxylation sites is 1. The zero-order valence-corrected chi connectivity index (χ0v) is 12.7. The van der Waals surface area contributed by atoms with Gasteiger partial charge in [-0.2, -0.15) is 0 Å². The smallest absolute Gasteiger partial charge is 0.271 e. The number of carbonyl (C=O) groups excluding carboxylic acids is 1. The SMILES string of the molecule is O=C(NCCc1c[nH]c2ccccc12)c1cnc(Br)cn1. The number of carbonyl (C=O) groups is 1. The van der Waals surface area contributed by atoms with E-state index in [9.17, 15) is 4.79 Å². The largest absolute Gasteiger partial charge is 0.361 e. The second-order valence-corrected chi connectivity index (χ2v) is 5.40. The molecular formula is C15H13BrN4O. The fourth-order valence-electron chi connectivity index (χ4n) is 2.17. The van der Waals surface area contributed by atoms with Crippen LogP contribution >= 0.6 is 15.9 Å². The van der Waals surface area contributed by atoms with Gasteiger partial charge in [-0.25, -0.2) is 9.97 Å². The third-order valence-corrected chi connectivity index (χ3v) is 3.62. The van der Waals surface area contributed by atoms with Crippen LogP contribution in [0.4, 0.5) is 0 Å². The Morgan fingerprint density at radius 1 is 1.24 bits per heavy atom. The van der Waals surface area contributed by atoms with Crippen LogP contribution in [0.3, 0.4) is 0 Å². The summed E-state index contributed by atoms with van der Waals surface area (Å²) in [5, 5.41) is 4.04. The molecule has 6 heteroatoms. The molecule has 0 saturated heterocycles. The number of aromatic amines is 1. The molecule has 0 aliphatic heterocycles. The van der Waals surface area contributed by atoms with Crippen molar-refractivity contribution in [1.82, 2.24) is 20.3 Å². The van der Waals surface area contributed by atoms with Crippen LogP contribution in [0.5, 0.6) is 0 Å². The van der Waals surface area contributed by atoms with Gasteiger partial charge >= 0.3 is 0 Å². The number of fused-ring (bicyclic) bond motifs is 1. The van der Waals surface area contributed by atoms with E-state index in [-0.39, 0.29) is 5.91 Å². The minimum Gasteiger partial charge on any atom is -0.361 e. The molecule has 106 valence electrons. The number of aromatic nitrogens is 3. The maximum atomic E-state index is 11.9. The van der Waals surface area contributed by atoms with E-state index in [1.807, 2.05) is 24.4 Å². The number of amides is 1. The average Bonchev–Trinajstić information content (AvgIpc) is 2.91. The molecule has 2 heterocycles. The molecule has 0 atom stereocenters. The lowest BCUT2D eigenvalue weighted by atomic mass is 10.1. The van der Waals surface area contributed by atoms with Gasteiger partial charge in [0.05, 0.1) is 12.4 Å². The van der Waals surface area contributed by atoms with Crippen molar-refractivity contribution in [2.75, 3.05) is 6.54 Å². The molecule has 1 aromatic carbocycles. The summed E-state index contributed by atoms with van der Waals surface area (Å²) in [6.07, 6.45) is 5.70. The molecule has 0 aliphatic rings. The standard InChI is InChI=1S/C15H13BrN4O/c16-14-9-19-13(8-20-14)15(21)17-6-5-10-7-18-12-4-2-1-3-11(10)12/h1-4,7-9,18H,5-6H2,(H,17,21). The lowest BCUT2D eigenvalue weighted by molar-refractivity contribution is 0.0948. The third-order valence-electron chi connectivity index (χ3n) is 3.21. The normalized spacial score (nSPS) is 10.7. The summed E-state index contributed by atoms with van der Waals surface area (Å²) in [5.41, 5.74) is 2.61. The van der Waals surface area contributed by atoms with Crippen LogP contribution in [0, 0.1) is 0 Å². The Morgan fingerprint density at radius 2 is 2.10 bits per heavy atom. The topological polar surface area (TPSA) is 70.7 Å². The lowest BCUT2D eigenvalue weighted by Crippen LogP contribution is -2.26. The number of nitrogens with zero attached hydrogens (tertiary/aromatic N) is 2. The quantitative estimate of drug-likeness (QED) is 0.764. The van der Waals surface area contributed by atoms with E-state index in [2.05, 4.69) is 42.3 Å². The van der Waals surface area contributed by atoms with E-state index >= 15 is 0 Å². The number of hydrogen-bond acceptors (Lipinski definition) is 3. The van der Waals surface area contributed by atoms with E-state index in [1.165, 1.54) is 23.3 Å². The van der Waals surface area contributed by atoms with Crippen LogP contribution in [0.2, 0.25) is 0 Å². The Kier molecular flexibility index (Phi) is 3.96. The summed E-state index contributed by atoms with van der Waals surface area (Å²) in [6, 6.07) is 8.12. The highest BCUT2D eigenvalue weighted by Gasteiger charge is 2.08. The zero-order valence-electron chi connectivity index (χ0n) is 11.1. The van der Waals surface area contributed by atoms with Crippen LogP contribution in [0.1, 0.15) is 16.1 Å². The Hall–Kier alpha value is -2.21. The second-order valence-electron chi connectivity index (χ2n) is 4.59. The minimum atomic E-state index is -0.213. The number of nitrogens with one attached hydrogen (secondary N) is 2. The summed E-state index contributed by atoms with van der Waals surface area (Å²) < 4.78 is 0.609. The van der Waals surface area contributed by atoms with Gasteiger partial charge < -0.3 is 10.3 Å². The molecule has 3 rings (SSSR count). The van der Waals surface area contributed by atoms with E-state index in [0.29, 0.717) is 16.8 Å². The molecule has 0 unspecified atom stereocenters. The summed E-state index contributed by atoms with van der Waals surface area (Å²) in [7, 11) is 0. The molecule has 0 radical (unpaired) electrons. The van der Waals surface area contributed by atoms with Gasteiger partial charge in [-0.15, -0.1) is 0 Å². The fourth-order valence-corrected chi connectivity index (χ4v) is 2.37. The highest BCUT2D eigenvalue weighted by atomic mass is 79.9. The summed E-state index contributed by atoms with van der Waals surface area (Å²) in [4.78, 5) is 23.1. The number of H-pyrrole nitrogens is 1. The summed E-state index contributed by atoms with van der Waals surface area (Å²) >= 11 is 3.19. The van der Waals surface area contributed by atoms with E-state index in [4.69, 9.17) is 0 Å². The number of halogens is 1. The van der Waals surface area contributed by atoms with Crippen LogP contribution in [-0.2, 0) is 6.42 Å². The predicted octanol–water partition coefficient (Wildman–Crippen LogP) is 2.69. The second kappa shape index (κ2) is 6.05. The first-order valence-electron chi connectivity index (χ1n) is 6.55. The van der Waals surface area contributed by atoms with Crippen molar-refractivity contribution in [2.45, 2.75) is 6.42 Å². The third kappa shape index (κ3) is 3.11. The first kappa shape index (κ1) is 13.8. The summed E-state index contributed by atoms with van der Waals surface area (Å²) in [5.74, 6) is -0.213. The molecule has 0 saturated carbocycles. The monoisotopic (exact) mass is 344 g/mol. The van der Waals surface area contributed by atoms with Crippen LogP contribution in [-0.4, -0.2) is 27.4 Å². The minimum absolute atomic E-state index is 0.213. The van der Waals surface area contributed by atoms with Gasteiger partial charge in [-0.05, 0) is 34.0 Å². The molecule has 21 heavy (non-hydrogen) atoms. The molecule has 0 bridgehead atoms. The fraction of sp³-hybridized carbons (Fsp3) is 0.133. The first-order chi connectivity index (χ1) is 10.2. The summed E-state index contributed by atoms with van der Waals surface area (Å²) in [6.45, 7) is 0.554. The van der Waals surface area contributed by atoms with E-state index < -0.39 is 0 Å². The molecule has 0 spiro atoms. The van der Waals surface area contributed by atoms with Gasteiger partial charge in [0.2, 0.25) is 0 Å². The Bertz CT molecular complexity index is 767. The van der Waals surface area contributed by atoms with Crippen molar-refractivity contribution in [2.24, 2.45) is 0 Å². The number of benzene rings is 1. The van der Waals surface area contributed by atoms with E-state index in [1.54, 1.807) is 0 Å². The van der Waals surface area contributed by atoms with Gasteiger partial charge in [0.1, 0.15) is 10.3 Å². The van der Waals surface area contributed by atoms with Crippen LogP contribution in [0.15, 0.2) is 47.5 Å². The molecule has 1 amide bonds. The van der Waals surface area contributed by atoms with Gasteiger partial charge in [0.25, 0.3) is 5.91 Å².